The van der Waals surface area contributed by atoms with Gasteiger partial charge in [0.05, 0.1) is 49.9 Å². The number of pyridine rings is 1. The lowest BCUT2D eigenvalue weighted by molar-refractivity contribution is 0.0825. The molecule has 0 bridgehead atoms. The zero-order valence-electron chi connectivity index (χ0n) is 23.4. The Hall–Kier alpha value is -4.05. The molecule has 40 heavy (non-hydrogen) atoms. The van der Waals surface area contributed by atoms with Crippen LogP contribution in [0.3, 0.4) is 0 Å². The van der Waals surface area contributed by atoms with Gasteiger partial charge in [-0.2, -0.15) is 0 Å². The van der Waals surface area contributed by atoms with Gasteiger partial charge in [-0.15, -0.1) is 0 Å². The summed E-state index contributed by atoms with van der Waals surface area (Å²) in [5, 5.41) is 4.02. The van der Waals surface area contributed by atoms with Gasteiger partial charge < -0.3 is 34.7 Å². The summed E-state index contributed by atoms with van der Waals surface area (Å²) < 4.78 is 19.0. The summed E-state index contributed by atoms with van der Waals surface area (Å²) in [5.74, 6) is 2.23. The highest BCUT2D eigenvalue weighted by molar-refractivity contribution is 6.06. The molecule has 1 saturated heterocycles. The number of likely N-dealkylation sites (tertiary alicyclic amines) is 1. The smallest absolute Gasteiger partial charge is 0.321 e. The zero-order chi connectivity index (χ0) is 28.1. The van der Waals surface area contributed by atoms with E-state index in [2.05, 4.69) is 32.8 Å². The number of para-hydroxylation sites is 1. The molecule has 1 aliphatic heterocycles. The van der Waals surface area contributed by atoms with E-state index in [1.165, 1.54) is 0 Å². The number of amides is 2. The van der Waals surface area contributed by atoms with Crippen LogP contribution in [0.1, 0.15) is 38.6 Å². The number of urea groups is 1. The Morgan fingerprint density at radius 3 is 2.70 bits per heavy atom. The van der Waals surface area contributed by atoms with Crippen molar-refractivity contribution in [3.63, 3.8) is 0 Å². The Balaban J connectivity index is 1.11. The molecule has 0 spiro atoms. The number of nitrogen functional groups attached to an aromatic ring is 1. The average Bonchev–Trinajstić information content (AvgIpc) is 3.44. The summed E-state index contributed by atoms with van der Waals surface area (Å²) >= 11 is 0. The Labute approximate surface area is 234 Å². The first-order valence-corrected chi connectivity index (χ1v) is 13.9. The highest BCUT2D eigenvalue weighted by Crippen LogP contribution is 2.31. The lowest BCUT2D eigenvalue weighted by Gasteiger charge is -2.32. The van der Waals surface area contributed by atoms with Crippen LogP contribution in [0.25, 0.3) is 21.9 Å². The predicted molar refractivity (Wildman–Crippen MR) is 157 cm³/mol. The van der Waals surface area contributed by atoms with E-state index in [-0.39, 0.29) is 12.1 Å². The van der Waals surface area contributed by atoms with E-state index in [1.54, 1.807) is 32.4 Å². The van der Waals surface area contributed by atoms with Crippen LogP contribution in [0.2, 0.25) is 0 Å². The van der Waals surface area contributed by atoms with E-state index in [4.69, 9.17) is 19.9 Å². The molecule has 4 aromatic rings. The molecule has 1 fully saturated rings. The first kappa shape index (κ1) is 27.5. The first-order valence-electron chi connectivity index (χ1n) is 13.9. The van der Waals surface area contributed by atoms with E-state index in [1.807, 2.05) is 29.4 Å². The van der Waals surface area contributed by atoms with Gasteiger partial charge in [0.1, 0.15) is 17.0 Å². The number of benzene rings is 2. The highest BCUT2D eigenvalue weighted by Gasteiger charge is 2.24. The van der Waals surface area contributed by atoms with Crippen molar-refractivity contribution in [3.8, 4) is 11.5 Å². The largest absolute Gasteiger partial charge is 0.497 e. The molecule has 212 valence electrons. The topological polar surface area (TPSA) is 117 Å². The van der Waals surface area contributed by atoms with Crippen molar-refractivity contribution in [2.75, 3.05) is 51.6 Å². The summed E-state index contributed by atoms with van der Waals surface area (Å²) in [6, 6.07) is 13.4. The number of carbonyl (C=O) groups is 1. The van der Waals surface area contributed by atoms with Crippen molar-refractivity contribution in [1.82, 2.24) is 19.4 Å². The molecule has 0 saturated carbocycles. The number of piperidine rings is 1. The monoisotopic (exact) mass is 546 g/mol. The highest BCUT2D eigenvalue weighted by atomic mass is 16.5. The van der Waals surface area contributed by atoms with Crippen molar-refractivity contribution in [2.45, 2.75) is 38.6 Å². The molecule has 1 unspecified atom stereocenters. The van der Waals surface area contributed by atoms with Gasteiger partial charge in [-0.05, 0) is 49.8 Å². The summed E-state index contributed by atoms with van der Waals surface area (Å²) in [5.41, 5.74) is 9.46. The second-order valence-corrected chi connectivity index (χ2v) is 10.2. The van der Waals surface area contributed by atoms with Gasteiger partial charge in [0.25, 0.3) is 0 Å². The number of nitrogens with one attached hydrogen (secondary N) is 1. The number of hydrogen-bond acceptors (Lipinski definition) is 7. The molecular weight excluding hydrogens is 508 g/mol. The van der Waals surface area contributed by atoms with Crippen molar-refractivity contribution < 1.29 is 19.0 Å². The number of anilines is 2. The molecule has 3 N–H and O–H groups in total. The number of hydrogen-bond donors (Lipinski definition) is 2. The van der Waals surface area contributed by atoms with Crippen LogP contribution in [0.4, 0.5) is 16.3 Å². The second-order valence-electron chi connectivity index (χ2n) is 10.2. The van der Waals surface area contributed by atoms with Gasteiger partial charge >= 0.3 is 6.03 Å². The molecule has 1 aliphatic rings. The maximum atomic E-state index is 12.9. The summed E-state index contributed by atoms with van der Waals surface area (Å²) in [6.45, 7) is 4.89. The number of aromatic nitrogens is 3. The van der Waals surface area contributed by atoms with Crippen molar-refractivity contribution in [1.29, 1.82) is 0 Å². The van der Waals surface area contributed by atoms with Crippen LogP contribution in [0.5, 0.6) is 11.5 Å². The number of nitrogens with zero attached hydrogens (tertiary/aromatic N) is 4. The number of fused-ring (bicyclic) bond motifs is 3. The molecule has 10 nitrogen and oxygen atoms in total. The first-order chi connectivity index (χ1) is 19.5. The molecule has 0 aliphatic carbocycles. The molecule has 1 atom stereocenters. The molecule has 2 amide bonds. The van der Waals surface area contributed by atoms with Crippen LogP contribution in [0.15, 0.2) is 48.8 Å². The molecule has 10 heteroatoms. The molecule has 2 aromatic carbocycles. The molecule has 2 aromatic heterocycles. The Morgan fingerprint density at radius 1 is 1.15 bits per heavy atom. The lowest BCUT2D eigenvalue weighted by Crippen LogP contribution is -2.41. The average molecular weight is 547 g/mol. The van der Waals surface area contributed by atoms with Gasteiger partial charge in [-0.25, -0.2) is 14.8 Å². The minimum Gasteiger partial charge on any atom is -0.497 e. The Kier molecular flexibility index (Phi) is 8.54. The number of carbonyl (C=O) groups excluding carboxylic acids is 1. The van der Waals surface area contributed by atoms with E-state index in [0.29, 0.717) is 42.1 Å². The van der Waals surface area contributed by atoms with Crippen LogP contribution in [-0.2, 0) is 4.74 Å². The zero-order valence-corrected chi connectivity index (χ0v) is 23.4. The van der Waals surface area contributed by atoms with Crippen LogP contribution in [0, 0.1) is 5.92 Å². The van der Waals surface area contributed by atoms with Gasteiger partial charge in [-0.1, -0.05) is 25.1 Å². The third-order valence-corrected chi connectivity index (χ3v) is 7.83. The summed E-state index contributed by atoms with van der Waals surface area (Å²) in [4.78, 5) is 23.8. The van der Waals surface area contributed by atoms with E-state index in [0.717, 1.165) is 60.7 Å². The quantitative estimate of drug-likeness (QED) is 0.253. The fraction of sp³-hybridized carbons (Fsp3) is 0.433. The summed E-state index contributed by atoms with van der Waals surface area (Å²) in [6.07, 6.45) is 5.66. The van der Waals surface area contributed by atoms with Crippen molar-refractivity contribution >= 4 is 39.5 Å². The number of ether oxygens (including phenoxy) is 3. The van der Waals surface area contributed by atoms with Gasteiger partial charge in [0.2, 0.25) is 0 Å². The number of methoxy groups -OCH3 is 2. The third-order valence-electron chi connectivity index (χ3n) is 7.83. The fourth-order valence-electron chi connectivity index (χ4n) is 5.43. The standard InChI is InChI=1S/C30H38N6O4/c1-4-21(36-19-32-27-28(36)23-7-5-6-8-24(23)33-29(27)31)18-40-16-13-20-11-14-35(15-12-20)30(37)34-25-10-9-22(38-2)17-26(25)39-3/h5-10,17,19-21H,4,11-16,18H2,1-3H3,(H2,31,33)(H,34,37). The number of nitrogens with two attached hydrogens (primary N) is 1. The van der Waals surface area contributed by atoms with E-state index in [9.17, 15) is 4.79 Å². The predicted octanol–water partition coefficient (Wildman–Crippen LogP) is 5.49. The van der Waals surface area contributed by atoms with Gasteiger partial charge in [0.15, 0.2) is 5.82 Å². The molecular formula is C30H38N6O4. The number of imidazole rings is 1. The Morgan fingerprint density at radius 2 is 1.95 bits per heavy atom. The summed E-state index contributed by atoms with van der Waals surface area (Å²) in [7, 11) is 3.18. The Bertz CT molecular complexity index is 1460. The minimum atomic E-state index is -0.111. The lowest BCUT2D eigenvalue weighted by atomic mass is 9.94. The third kappa shape index (κ3) is 5.77. The van der Waals surface area contributed by atoms with Crippen molar-refractivity contribution in [2.24, 2.45) is 5.92 Å². The van der Waals surface area contributed by atoms with Crippen LogP contribution >= 0.6 is 0 Å². The van der Waals surface area contributed by atoms with E-state index < -0.39 is 0 Å². The maximum Gasteiger partial charge on any atom is 0.321 e. The molecule has 5 rings (SSSR count). The van der Waals surface area contributed by atoms with E-state index >= 15 is 0 Å². The maximum absolute atomic E-state index is 12.9. The van der Waals surface area contributed by atoms with Crippen LogP contribution in [-0.4, -0.2) is 66.0 Å². The minimum absolute atomic E-state index is 0.111. The normalized spacial score (nSPS) is 14.9. The van der Waals surface area contributed by atoms with Crippen molar-refractivity contribution in [3.05, 3.63) is 48.8 Å². The van der Waals surface area contributed by atoms with Gasteiger partial charge in [-0.3, -0.25) is 0 Å². The molecule has 0 radical (unpaired) electrons. The van der Waals surface area contributed by atoms with Crippen LogP contribution < -0.4 is 20.5 Å². The van der Waals surface area contributed by atoms with Gasteiger partial charge in [0, 0.05) is 31.1 Å². The SMILES string of the molecule is CCC(COCCC1CCN(C(=O)Nc2ccc(OC)cc2OC)CC1)n1cnc2c(N)nc3ccccc3c21. The molecule has 3 heterocycles. The second kappa shape index (κ2) is 12.4. The fourth-order valence-corrected chi connectivity index (χ4v) is 5.43. The number of rotatable bonds is 10.